The lowest BCUT2D eigenvalue weighted by molar-refractivity contribution is -0.384. The molecule has 3 N–H and O–H groups in total. The molecule has 0 spiro atoms. The zero-order valence-corrected chi connectivity index (χ0v) is 8.93. The quantitative estimate of drug-likeness (QED) is 0.444. The summed E-state index contributed by atoms with van der Waals surface area (Å²) in [7, 11) is 3.11. The van der Waals surface area contributed by atoms with E-state index in [2.05, 4.69) is 5.43 Å². The maximum atomic E-state index is 11.7. The van der Waals surface area contributed by atoms with Crippen molar-refractivity contribution in [2.75, 3.05) is 19.5 Å². The van der Waals surface area contributed by atoms with E-state index in [9.17, 15) is 14.9 Å². The van der Waals surface area contributed by atoms with Gasteiger partial charge < -0.3 is 10.3 Å². The predicted molar refractivity (Wildman–Crippen MR) is 58.9 cm³/mol. The number of para-hydroxylation sites is 1. The summed E-state index contributed by atoms with van der Waals surface area (Å²) in [4.78, 5) is 23.1. The smallest absolute Gasteiger partial charge is 0.294 e. The lowest BCUT2D eigenvalue weighted by Gasteiger charge is -2.13. The maximum absolute atomic E-state index is 11.7. The minimum absolute atomic E-state index is 0.0196. The third kappa shape index (κ3) is 2.09. The van der Waals surface area contributed by atoms with Gasteiger partial charge in [0.1, 0.15) is 5.69 Å². The zero-order chi connectivity index (χ0) is 12.3. The highest BCUT2D eigenvalue weighted by Gasteiger charge is 2.21. The van der Waals surface area contributed by atoms with E-state index in [4.69, 9.17) is 5.84 Å². The van der Waals surface area contributed by atoms with E-state index >= 15 is 0 Å². The molecule has 0 aliphatic carbocycles. The molecule has 0 saturated carbocycles. The summed E-state index contributed by atoms with van der Waals surface area (Å²) >= 11 is 0. The molecule has 0 fully saturated rings. The number of amides is 1. The van der Waals surface area contributed by atoms with E-state index < -0.39 is 4.92 Å². The molecule has 0 bridgehead atoms. The number of nitrogen functional groups attached to an aromatic ring is 1. The normalized spacial score (nSPS) is 9.69. The molecule has 0 unspecified atom stereocenters. The van der Waals surface area contributed by atoms with E-state index in [0.29, 0.717) is 0 Å². The van der Waals surface area contributed by atoms with E-state index in [0.717, 1.165) is 0 Å². The number of nitrogens with one attached hydrogen (secondary N) is 1. The molecule has 7 nitrogen and oxygen atoms in total. The van der Waals surface area contributed by atoms with Crippen molar-refractivity contribution in [3.8, 4) is 0 Å². The molecule has 1 aromatic rings. The van der Waals surface area contributed by atoms with Crippen LogP contribution in [0.25, 0.3) is 0 Å². The van der Waals surface area contributed by atoms with Gasteiger partial charge in [-0.1, -0.05) is 6.07 Å². The Kier molecular flexibility index (Phi) is 3.41. The van der Waals surface area contributed by atoms with Gasteiger partial charge in [0.25, 0.3) is 11.6 Å². The van der Waals surface area contributed by atoms with Crippen LogP contribution in [0.15, 0.2) is 18.2 Å². The highest BCUT2D eigenvalue weighted by atomic mass is 16.6. The van der Waals surface area contributed by atoms with Gasteiger partial charge in [-0.05, 0) is 6.07 Å². The first kappa shape index (κ1) is 11.9. The van der Waals surface area contributed by atoms with Gasteiger partial charge in [0.2, 0.25) is 0 Å². The standard InChI is InChI=1S/C9H12N4O3/c1-12(2)9(14)6-4-3-5-7(13(15)16)8(6)11-10/h3-5,11H,10H2,1-2H3. The minimum atomic E-state index is -0.596. The van der Waals surface area contributed by atoms with Gasteiger partial charge >= 0.3 is 0 Å². The Balaban J connectivity index is 3.35. The molecule has 0 radical (unpaired) electrons. The minimum Gasteiger partial charge on any atom is -0.345 e. The number of nitrogens with two attached hydrogens (primary N) is 1. The second-order valence-corrected chi connectivity index (χ2v) is 3.30. The van der Waals surface area contributed by atoms with Crippen molar-refractivity contribution in [2.45, 2.75) is 0 Å². The number of rotatable bonds is 3. The number of carbonyl (C=O) groups is 1. The van der Waals surface area contributed by atoms with Gasteiger partial charge in [-0.2, -0.15) is 0 Å². The zero-order valence-electron chi connectivity index (χ0n) is 8.93. The molecule has 0 heterocycles. The fraction of sp³-hybridized carbons (Fsp3) is 0.222. The van der Waals surface area contributed by atoms with Crippen LogP contribution in [0.2, 0.25) is 0 Å². The first-order valence-corrected chi connectivity index (χ1v) is 4.44. The predicted octanol–water partition coefficient (Wildman–Crippen LogP) is 0.582. The van der Waals surface area contributed by atoms with Gasteiger partial charge in [-0.15, -0.1) is 0 Å². The van der Waals surface area contributed by atoms with Crippen LogP contribution in [-0.4, -0.2) is 29.8 Å². The summed E-state index contributed by atoms with van der Waals surface area (Å²) in [5, 5.41) is 10.7. The van der Waals surface area contributed by atoms with Crippen molar-refractivity contribution in [3.05, 3.63) is 33.9 Å². The molecule has 0 aliphatic rings. The molecule has 0 saturated heterocycles. The van der Waals surface area contributed by atoms with Gasteiger partial charge in [0.15, 0.2) is 0 Å². The molecule has 0 aliphatic heterocycles. The number of hydrogen-bond donors (Lipinski definition) is 2. The Bertz CT molecular complexity index is 431. The molecule has 16 heavy (non-hydrogen) atoms. The number of hydrogen-bond acceptors (Lipinski definition) is 5. The van der Waals surface area contributed by atoms with E-state index in [1.807, 2.05) is 0 Å². The summed E-state index contributed by atoms with van der Waals surface area (Å²) in [6.07, 6.45) is 0. The first-order valence-electron chi connectivity index (χ1n) is 4.44. The highest BCUT2D eigenvalue weighted by molar-refractivity contribution is 6.01. The van der Waals surface area contributed by atoms with Crippen molar-refractivity contribution in [2.24, 2.45) is 5.84 Å². The fourth-order valence-electron chi connectivity index (χ4n) is 1.26. The van der Waals surface area contributed by atoms with Crippen LogP contribution >= 0.6 is 0 Å². The average molecular weight is 224 g/mol. The van der Waals surface area contributed by atoms with E-state index in [1.54, 1.807) is 14.1 Å². The molecule has 1 aromatic carbocycles. The number of hydrazine groups is 1. The lowest BCUT2D eigenvalue weighted by Crippen LogP contribution is -2.24. The molecule has 86 valence electrons. The van der Waals surface area contributed by atoms with Crippen LogP contribution < -0.4 is 11.3 Å². The average Bonchev–Trinajstić information content (AvgIpc) is 2.26. The van der Waals surface area contributed by atoms with Gasteiger partial charge in [-0.25, -0.2) is 0 Å². The lowest BCUT2D eigenvalue weighted by atomic mass is 10.1. The summed E-state index contributed by atoms with van der Waals surface area (Å²) in [6.45, 7) is 0. The number of nitrogens with zero attached hydrogens (tertiary/aromatic N) is 2. The monoisotopic (exact) mass is 224 g/mol. The third-order valence-corrected chi connectivity index (χ3v) is 2.02. The number of nitro groups is 1. The number of nitro benzene ring substituents is 1. The Morgan fingerprint density at radius 1 is 1.50 bits per heavy atom. The Labute approximate surface area is 92.0 Å². The van der Waals surface area contributed by atoms with Gasteiger partial charge in [-0.3, -0.25) is 20.8 Å². The first-order chi connectivity index (χ1) is 7.49. The largest absolute Gasteiger partial charge is 0.345 e. The summed E-state index contributed by atoms with van der Waals surface area (Å²) in [5.41, 5.74) is 2.15. The molecule has 0 aromatic heterocycles. The van der Waals surface area contributed by atoms with Crippen molar-refractivity contribution in [3.63, 3.8) is 0 Å². The summed E-state index contributed by atoms with van der Waals surface area (Å²) in [5.74, 6) is 4.85. The van der Waals surface area contributed by atoms with Crippen LogP contribution in [0.5, 0.6) is 0 Å². The van der Waals surface area contributed by atoms with Crippen molar-refractivity contribution in [1.82, 2.24) is 4.90 Å². The van der Waals surface area contributed by atoms with Crippen LogP contribution in [0.1, 0.15) is 10.4 Å². The van der Waals surface area contributed by atoms with Gasteiger partial charge in [0.05, 0.1) is 10.5 Å². The maximum Gasteiger partial charge on any atom is 0.294 e. The fourth-order valence-corrected chi connectivity index (χ4v) is 1.26. The van der Waals surface area contributed by atoms with Crippen molar-refractivity contribution >= 4 is 17.3 Å². The summed E-state index contributed by atoms with van der Waals surface area (Å²) in [6, 6.07) is 4.20. The third-order valence-electron chi connectivity index (χ3n) is 2.02. The number of benzene rings is 1. The highest BCUT2D eigenvalue weighted by Crippen LogP contribution is 2.27. The van der Waals surface area contributed by atoms with Crippen LogP contribution in [0.4, 0.5) is 11.4 Å². The molecular formula is C9H12N4O3. The number of anilines is 1. The van der Waals surface area contributed by atoms with Gasteiger partial charge in [0, 0.05) is 20.2 Å². The summed E-state index contributed by atoms with van der Waals surface area (Å²) < 4.78 is 0. The molecule has 0 atom stereocenters. The molecule has 1 rings (SSSR count). The number of carbonyl (C=O) groups excluding carboxylic acids is 1. The Hall–Kier alpha value is -2.15. The molecular weight excluding hydrogens is 212 g/mol. The topological polar surface area (TPSA) is 102 Å². The Morgan fingerprint density at radius 3 is 2.56 bits per heavy atom. The second kappa shape index (κ2) is 4.58. The molecule has 1 amide bonds. The van der Waals surface area contributed by atoms with E-state index in [1.165, 1.54) is 23.1 Å². The SMILES string of the molecule is CN(C)C(=O)c1cccc([N+](=O)[O-])c1NN. The van der Waals surface area contributed by atoms with Crippen LogP contribution in [0, 0.1) is 10.1 Å². The Morgan fingerprint density at radius 2 is 2.12 bits per heavy atom. The van der Waals surface area contributed by atoms with E-state index in [-0.39, 0.29) is 22.8 Å². The van der Waals surface area contributed by atoms with Crippen molar-refractivity contribution < 1.29 is 9.72 Å². The van der Waals surface area contributed by atoms with Crippen LogP contribution in [0.3, 0.4) is 0 Å². The molecule has 7 heteroatoms. The van der Waals surface area contributed by atoms with Crippen molar-refractivity contribution in [1.29, 1.82) is 0 Å². The van der Waals surface area contributed by atoms with Crippen LogP contribution in [-0.2, 0) is 0 Å². The second-order valence-electron chi connectivity index (χ2n) is 3.30.